The SMILES string of the molecule is CSc1nnc2sc(-c3ccccc3)nn12. The molecule has 0 bridgehead atoms. The Bertz CT molecular complexity index is 614. The van der Waals surface area contributed by atoms with Crippen molar-refractivity contribution in [3.63, 3.8) is 0 Å². The smallest absolute Gasteiger partial charge is 0.177 e. The molecule has 0 N–H and O–H groups in total. The Morgan fingerprint density at radius 1 is 1.19 bits per heavy atom. The lowest BCUT2D eigenvalue weighted by Crippen LogP contribution is -1.87. The van der Waals surface area contributed by atoms with E-state index in [0.717, 1.165) is 20.7 Å². The van der Waals surface area contributed by atoms with Gasteiger partial charge in [0.05, 0.1) is 0 Å². The molecule has 0 saturated heterocycles. The molecular weight excluding hydrogens is 240 g/mol. The van der Waals surface area contributed by atoms with E-state index in [1.54, 1.807) is 27.6 Å². The fraction of sp³-hybridized carbons (Fsp3) is 0.100. The molecule has 0 atom stereocenters. The van der Waals surface area contributed by atoms with Gasteiger partial charge in [-0.15, -0.1) is 10.2 Å². The molecule has 2 aromatic heterocycles. The first-order valence-corrected chi connectivity index (χ1v) is 6.74. The maximum Gasteiger partial charge on any atom is 0.235 e. The first kappa shape index (κ1) is 9.80. The number of nitrogens with zero attached hydrogens (tertiary/aromatic N) is 4. The maximum atomic E-state index is 4.50. The van der Waals surface area contributed by atoms with Gasteiger partial charge in [0.2, 0.25) is 10.1 Å². The molecule has 0 amide bonds. The van der Waals surface area contributed by atoms with Gasteiger partial charge in [0, 0.05) is 5.56 Å². The van der Waals surface area contributed by atoms with Gasteiger partial charge in [-0.05, 0) is 6.26 Å². The second-order valence-corrected chi connectivity index (χ2v) is 4.88. The molecule has 3 rings (SSSR count). The van der Waals surface area contributed by atoms with E-state index in [0.29, 0.717) is 0 Å². The van der Waals surface area contributed by atoms with Crippen LogP contribution in [0.15, 0.2) is 35.5 Å². The monoisotopic (exact) mass is 248 g/mol. The highest BCUT2D eigenvalue weighted by atomic mass is 32.2. The van der Waals surface area contributed by atoms with Crippen LogP contribution in [0.3, 0.4) is 0 Å². The molecular formula is C10H8N4S2. The lowest BCUT2D eigenvalue weighted by molar-refractivity contribution is 0.827. The summed E-state index contributed by atoms with van der Waals surface area (Å²) in [4.78, 5) is 0.836. The fourth-order valence-electron chi connectivity index (χ4n) is 1.42. The summed E-state index contributed by atoms with van der Waals surface area (Å²) in [6, 6.07) is 10.1. The van der Waals surface area contributed by atoms with E-state index >= 15 is 0 Å². The second-order valence-electron chi connectivity index (χ2n) is 3.15. The topological polar surface area (TPSA) is 43.1 Å². The summed E-state index contributed by atoms with van der Waals surface area (Å²) in [7, 11) is 0. The minimum atomic E-state index is 0.827. The molecule has 2 heterocycles. The summed E-state index contributed by atoms with van der Waals surface area (Å²) in [5, 5.41) is 14.4. The number of hydrogen-bond acceptors (Lipinski definition) is 5. The molecule has 0 aliphatic heterocycles. The first-order chi connectivity index (χ1) is 7.88. The molecule has 0 unspecified atom stereocenters. The molecule has 1 aromatic carbocycles. The number of hydrogen-bond donors (Lipinski definition) is 0. The molecule has 3 aromatic rings. The van der Waals surface area contributed by atoms with Crippen molar-refractivity contribution in [2.45, 2.75) is 5.16 Å². The van der Waals surface area contributed by atoms with Gasteiger partial charge in [-0.1, -0.05) is 53.4 Å². The minimum Gasteiger partial charge on any atom is -0.177 e. The summed E-state index contributed by atoms with van der Waals surface area (Å²) in [5.74, 6) is 0. The molecule has 0 fully saturated rings. The lowest BCUT2D eigenvalue weighted by atomic mass is 10.2. The molecule has 16 heavy (non-hydrogen) atoms. The Hall–Kier alpha value is -1.40. The van der Waals surface area contributed by atoms with Crippen LogP contribution in [0, 0.1) is 0 Å². The van der Waals surface area contributed by atoms with E-state index in [-0.39, 0.29) is 0 Å². The van der Waals surface area contributed by atoms with Gasteiger partial charge in [0.1, 0.15) is 5.01 Å². The predicted molar refractivity (Wildman–Crippen MR) is 65.9 cm³/mol. The highest BCUT2D eigenvalue weighted by molar-refractivity contribution is 7.98. The normalized spacial score (nSPS) is 11.1. The largest absolute Gasteiger partial charge is 0.235 e. The number of benzene rings is 1. The Morgan fingerprint density at radius 2 is 2.00 bits per heavy atom. The highest BCUT2D eigenvalue weighted by Crippen LogP contribution is 2.26. The fourth-order valence-corrected chi connectivity index (χ4v) is 2.75. The van der Waals surface area contributed by atoms with Crippen molar-refractivity contribution in [2.75, 3.05) is 6.26 Å². The molecule has 0 radical (unpaired) electrons. The molecule has 0 saturated carbocycles. The van der Waals surface area contributed by atoms with Crippen LogP contribution in [0.1, 0.15) is 0 Å². The van der Waals surface area contributed by atoms with Crippen LogP contribution in [0.5, 0.6) is 0 Å². The molecule has 80 valence electrons. The summed E-state index contributed by atoms with van der Waals surface area (Å²) in [6.07, 6.45) is 1.97. The molecule has 0 spiro atoms. The first-order valence-electron chi connectivity index (χ1n) is 4.70. The van der Waals surface area contributed by atoms with Gasteiger partial charge < -0.3 is 0 Å². The zero-order valence-corrected chi connectivity index (χ0v) is 10.1. The summed E-state index contributed by atoms with van der Waals surface area (Å²) in [6.45, 7) is 0. The lowest BCUT2D eigenvalue weighted by Gasteiger charge is -1.92. The Kier molecular flexibility index (Phi) is 2.37. The van der Waals surface area contributed by atoms with E-state index in [1.807, 2.05) is 36.6 Å². The van der Waals surface area contributed by atoms with Gasteiger partial charge in [-0.3, -0.25) is 0 Å². The van der Waals surface area contributed by atoms with E-state index in [9.17, 15) is 0 Å². The standard InChI is InChI=1S/C10H8N4S2/c1-15-9-11-12-10-14(9)13-8(16-10)7-5-3-2-4-6-7/h2-6H,1H3. The van der Waals surface area contributed by atoms with Gasteiger partial charge in [-0.2, -0.15) is 9.61 Å². The zero-order chi connectivity index (χ0) is 11.0. The third kappa shape index (κ3) is 1.50. The number of rotatable bonds is 2. The van der Waals surface area contributed by atoms with Crippen LogP contribution in [0.4, 0.5) is 0 Å². The molecule has 4 nitrogen and oxygen atoms in total. The number of aromatic nitrogens is 4. The predicted octanol–water partition coefficient (Wildman–Crippen LogP) is 2.57. The average Bonchev–Trinajstić information content (AvgIpc) is 2.89. The van der Waals surface area contributed by atoms with Crippen LogP contribution in [0.25, 0.3) is 15.5 Å². The van der Waals surface area contributed by atoms with Crippen LogP contribution < -0.4 is 0 Å². The minimum absolute atomic E-state index is 0.827. The van der Waals surface area contributed by atoms with Crippen molar-refractivity contribution in [1.29, 1.82) is 0 Å². The quantitative estimate of drug-likeness (QED) is 0.654. The summed E-state index contributed by atoms with van der Waals surface area (Å²) >= 11 is 3.10. The van der Waals surface area contributed by atoms with Crippen LogP contribution in [0.2, 0.25) is 0 Å². The Morgan fingerprint density at radius 3 is 2.75 bits per heavy atom. The molecule has 0 aliphatic carbocycles. The number of fused-ring (bicyclic) bond motifs is 1. The van der Waals surface area contributed by atoms with Crippen molar-refractivity contribution in [3.8, 4) is 10.6 Å². The Labute approximate surface area is 100 Å². The third-order valence-electron chi connectivity index (χ3n) is 2.17. The zero-order valence-electron chi connectivity index (χ0n) is 8.49. The van der Waals surface area contributed by atoms with Crippen molar-refractivity contribution < 1.29 is 0 Å². The van der Waals surface area contributed by atoms with Gasteiger partial charge in [0.25, 0.3) is 0 Å². The van der Waals surface area contributed by atoms with E-state index in [1.165, 1.54) is 0 Å². The van der Waals surface area contributed by atoms with Crippen molar-refractivity contribution in [3.05, 3.63) is 30.3 Å². The van der Waals surface area contributed by atoms with Crippen LogP contribution in [-0.2, 0) is 0 Å². The van der Waals surface area contributed by atoms with Gasteiger partial charge in [0.15, 0.2) is 0 Å². The second kappa shape index (κ2) is 3.88. The van der Waals surface area contributed by atoms with Gasteiger partial charge in [-0.25, -0.2) is 0 Å². The van der Waals surface area contributed by atoms with Crippen molar-refractivity contribution >= 4 is 28.1 Å². The number of thioether (sulfide) groups is 1. The van der Waals surface area contributed by atoms with Crippen LogP contribution in [-0.4, -0.2) is 26.1 Å². The summed E-state index contributed by atoms with van der Waals surface area (Å²) in [5.41, 5.74) is 1.12. The van der Waals surface area contributed by atoms with E-state index in [4.69, 9.17) is 0 Å². The van der Waals surface area contributed by atoms with Crippen molar-refractivity contribution in [1.82, 2.24) is 19.8 Å². The molecule has 0 aliphatic rings. The van der Waals surface area contributed by atoms with E-state index in [2.05, 4.69) is 15.3 Å². The van der Waals surface area contributed by atoms with Crippen LogP contribution >= 0.6 is 23.1 Å². The highest BCUT2D eigenvalue weighted by Gasteiger charge is 2.11. The summed E-state index contributed by atoms with van der Waals surface area (Å²) < 4.78 is 1.79. The van der Waals surface area contributed by atoms with Crippen molar-refractivity contribution in [2.24, 2.45) is 0 Å². The Balaban J connectivity index is 2.16. The third-order valence-corrected chi connectivity index (χ3v) is 3.73. The molecule has 6 heteroatoms. The van der Waals surface area contributed by atoms with Gasteiger partial charge >= 0.3 is 0 Å². The average molecular weight is 248 g/mol. The maximum absolute atomic E-state index is 4.50. The van der Waals surface area contributed by atoms with E-state index < -0.39 is 0 Å².